The Kier molecular flexibility index (Phi) is 4.06. The molecule has 0 unspecified atom stereocenters. The fourth-order valence-corrected chi connectivity index (χ4v) is 2.32. The first-order valence-corrected chi connectivity index (χ1v) is 6.34. The highest BCUT2D eigenvalue weighted by atomic mass is 32.2. The van der Waals surface area contributed by atoms with Gasteiger partial charge in [-0.3, -0.25) is 0 Å². The van der Waals surface area contributed by atoms with Crippen LogP contribution in [0, 0.1) is 5.82 Å². The molecule has 3 nitrogen and oxygen atoms in total. The molecule has 2 aromatic carbocycles. The Morgan fingerprint density at radius 3 is 2.21 bits per heavy atom. The van der Waals surface area contributed by atoms with Gasteiger partial charge >= 0.3 is 5.97 Å². The monoisotopic (exact) mass is 277 g/mol. The van der Waals surface area contributed by atoms with Crippen molar-refractivity contribution in [3.05, 3.63) is 59.9 Å². The molecular formula is C14H12FNO2S. The SMILES string of the molecule is CN(Sc1ccc(C(=O)O)cc1)c1ccc(F)cc1. The Balaban J connectivity index is 2.08. The molecule has 0 aliphatic heterocycles. The third-order valence-corrected chi connectivity index (χ3v) is 3.50. The molecule has 5 heteroatoms. The summed E-state index contributed by atoms with van der Waals surface area (Å²) in [4.78, 5) is 11.6. The molecule has 2 aromatic rings. The van der Waals surface area contributed by atoms with Crippen LogP contribution in [0.1, 0.15) is 10.4 Å². The van der Waals surface area contributed by atoms with Gasteiger partial charge in [0.1, 0.15) is 5.82 Å². The highest BCUT2D eigenvalue weighted by molar-refractivity contribution is 8.00. The Labute approximate surface area is 114 Å². The quantitative estimate of drug-likeness (QED) is 0.866. The Hall–Kier alpha value is -2.01. The van der Waals surface area contributed by atoms with Gasteiger partial charge in [0, 0.05) is 17.6 Å². The predicted molar refractivity (Wildman–Crippen MR) is 74.1 cm³/mol. The van der Waals surface area contributed by atoms with Crippen LogP contribution in [0.25, 0.3) is 0 Å². The van der Waals surface area contributed by atoms with Crippen LogP contribution in [-0.4, -0.2) is 18.1 Å². The normalized spacial score (nSPS) is 10.2. The third kappa shape index (κ3) is 3.48. The summed E-state index contributed by atoms with van der Waals surface area (Å²) in [5.41, 5.74) is 1.13. The van der Waals surface area contributed by atoms with E-state index in [-0.39, 0.29) is 11.4 Å². The van der Waals surface area contributed by atoms with Crippen molar-refractivity contribution in [1.82, 2.24) is 0 Å². The summed E-state index contributed by atoms with van der Waals surface area (Å²) in [5.74, 6) is -1.21. The lowest BCUT2D eigenvalue weighted by atomic mass is 10.2. The van der Waals surface area contributed by atoms with Gasteiger partial charge < -0.3 is 9.41 Å². The van der Waals surface area contributed by atoms with Crippen molar-refractivity contribution < 1.29 is 14.3 Å². The molecule has 0 atom stereocenters. The number of nitrogens with zero attached hydrogens (tertiary/aromatic N) is 1. The van der Waals surface area contributed by atoms with Gasteiger partial charge in [-0.15, -0.1) is 0 Å². The van der Waals surface area contributed by atoms with Crippen LogP contribution in [0.15, 0.2) is 53.4 Å². The van der Waals surface area contributed by atoms with Crippen molar-refractivity contribution in [1.29, 1.82) is 0 Å². The number of carboxylic acids is 1. The number of hydrogen-bond donors (Lipinski definition) is 1. The van der Waals surface area contributed by atoms with Crippen molar-refractivity contribution in [3.8, 4) is 0 Å². The van der Waals surface area contributed by atoms with Crippen LogP contribution >= 0.6 is 11.9 Å². The summed E-state index contributed by atoms with van der Waals surface area (Å²) in [6.07, 6.45) is 0. The molecule has 2 rings (SSSR count). The first-order valence-electron chi connectivity index (χ1n) is 5.57. The summed E-state index contributed by atoms with van der Waals surface area (Å²) in [6, 6.07) is 12.8. The van der Waals surface area contributed by atoms with Gasteiger partial charge in [-0.05, 0) is 60.5 Å². The van der Waals surface area contributed by atoms with Crippen LogP contribution in [-0.2, 0) is 0 Å². The molecule has 0 aromatic heterocycles. The van der Waals surface area contributed by atoms with E-state index in [9.17, 15) is 9.18 Å². The number of anilines is 1. The first-order chi connectivity index (χ1) is 9.06. The van der Waals surface area contributed by atoms with Crippen LogP contribution in [0.4, 0.5) is 10.1 Å². The Morgan fingerprint density at radius 2 is 1.68 bits per heavy atom. The second-order valence-electron chi connectivity index (χ2n) is 3.89. The summed E-state index contributed by atoms with van der Waals surface area (Å²) in [6.45, 7) is 0. The van der Waals surface area contributed by atoms with E-state index < -0.39 is 5.97 Å². The lowest BCUT2D eigenvalue weighted by Gasteiger charge is -2.17. The number of carbonyl (C=O) groups is 1. The molecule has 0 fully saturated rings. The average molecular weight is 277 g/mol. The first kappa shape index (κ1) is 13.4. The number of halogens is 1. The van der Waals surface area contributed by atoms with Gasteiger partial charge in [0.05, 0.1) is 5.56 Å². The summed E-state index contributed by atoms with van der Waals surface area (Å²) in [7, 11) is 1.86. The largest absolute Gasteiger partial charge is 0.478 e. The molecule has 19 heavy (non-hydrogen) atoms. The van der Waals surface area contributed by atoms with Gasteiger partial charge in [-0.1, -0.05) is 0 Å². The van der Waals surface area contributed by atoms with Crippen LogP contribution < -0.4 is 4.31 Å². The number of hydrogen-bond acceptors (Lipinski definition) is 3. The number of carboxylic acid groups (broad SMARTS) is 1. The Bertz CT molecular complexity index is 569. The second kappa shape index (κ2) is 5.75. The molecule has 0 bridgehead atoms. The molecule has 0 spiro atoms. The van der Waals surface area contributed by atoms with Crippen molar-refractivity contribution >= 4 is 23.6 Å². The maximum absolute atomic E-state index is 12.8. The van der Waals surface area contributed by atoms with E-state index in [2.05, 4.69) is 0 Å². The molecule has 1 N–H and O–H groups in total. The van der Waals surface area contributed by atoms with Gasteiger partial charge in [-0.2, -0.15) is 0 Å². The Morgan fingerprint density at radius 1 is 1.11 bits per heavy atom. The minimum absolute atomic E-state index is 0.258. The molecule has 0 heterocycles. The van der Waals surface area contributed by atoms with Crippen LogP contribution in [0.5, 0.6) is 0 Å². The number of aromatic carboxylic acids is 1. The summed E-state index contributed by atoms with van der Waals surface area (Å²) in [5, 5.41) is 8.81. The molecule has 0 aliphatic rings. The van der Waals surface area contributed by atoms with Crippen molar-refractivity contribution in [2.45, 2.75) is 4.90 Å². The van der Waals surface area contributed by atoms with Gasteiger partial charge in [-0.25, -0.2) is 9.18 Å². The predicted octanol–water partition coefficient (Wildman–Crippen LogP) is 3.67. The van der Waals surface area contributed by atoms with E-state index in [1.807, 2.05) is 11.4 Å². The van der Waals surface area contributed by atoms with E-state index in [4.69, 9.17) is 5.11 Å². The van der Waals surface area contributed by atoms with E-state index in [1.165, 1.54) is 24.1 Å². The van der Waals surface area contributed by atoms with Crippen LogP contribution in [0.2, 0.25) is 0 Å². The minimum Gasteiger partial charge on any atom is -0.478 e. The van der Waals surface area contributed by atoms with Crippen LogP contribution in [0.3, 0.4) is 0 Å². The standard InChI is InChI=1S/C14H12FNO2S/c1-16(12-6-4-11(15)5-7-12)19-13-8-2-10(3-9-13)14(17)18/h2-9H,1H3,(H,17,18). The molecular weight excluding hydrogens is 265 g/mol. The fraction of sp³-hybridized carbons (Fsp3) is 0.0714. The van der Waals surface area contributed by atoms with Crippen molar-refractivity contribution in [2.75, 3.05) is 11.4 Å². The lowest BCUT2D eigenvalue weighted by molar-refractivity contribution is 0.0697. The second-order valence-corrected chi connectivity index (χ2v) is 5.10. The summed E-state index contributed by atoms with van der Waals surface area (Å²) >= 11 is 1.44. The maximum Gasteiger partial charge on any atom is 0.335 e. The molecule has 0 amide bonds. The molecule has 98 valence electrons. The van der Waals surface area contributed by atoms with Gasteiger partial charge in [0.15, 0.2) is 0 Å². The molecule has 0 aliphatic carbocycles. The number of rotatable bonds is 4. The van der Waals surface area contributed by atoms with Gasteiger partial charge in [0.2, 0.25) is 0 Å². The highest BCUT2D eigenvalue weighted by Crippen LogP contribution is 2.27. The zero-order valence-corrected chi connectivity index (χ0v) is 11.0. The van der Waals surface area contributed by atoms with E-state index in [0.29, 0.717) is 0 Å². The number of benzene rings is 2. The van der Waals surface area contributed by atoms with E-state index >= 15 is 0 Å². The fourth-order valence-electron chi connectivity index (χ4n) is 1.52. The summed E-state index contributed by atoms with van der Waals surface area (Å²) < 4.78 is 14.7. The molecule has 0 saturated carbocycles. The van der Waals surface area contributed by atoms with Crippen molar-refractivity contribution in [3.63, 3.8) is 0 Å². The smallest absolute Gasteiger partial charge is 0.335 e. The molecule has 0 saturated heterocycles. The lowest BCUT2D eigenvalue weighted by Crippen LogP contribution is -2.06. The van der Waals surface area contributed by atoms with E-state index in [1.54, 1.807) is 36.4 Å². The third-order valence-electron chi connectivity index (χ3n) is 2.53. The highest BCUT2D eigenvalue weighted by Gasteiger charge is 2.06. The minimum atomic E-state index is -0.941. The average Bonchev–Trinajstić information content (AvgIpc) is 2.40. The topological polar surface area (TPSA) is 40.5 Å². The van der Waals surface area contributed by atoms with Gasteiger partial charge in [0.25, 0.3) is 0 Å². The molecule has 0 radical (unpaired) electrons. The zero-order valence-electron chi connectivity index (χ0n) is 10.2. The zero-order chi connectivity index (χ0) is 13.8. The van der Waals surface area contributed by atoms with Crippen molar-refractivity contribution in [2.24, 2.45) is 0 Å². The maximum atomic E-state index is 12.8. The van der Waals surface area contributed by atoms with E-state index in [0.717, 1.165) is 10.6 Å².